The molecule has 1 aliphatic carbocycles. The van der Waals surface area contributed by atoms with Crippen molar-refractivity contribution >= 4 is 29.0 Å². The molecule has 2 aliphatic heterocycles. The van der Waals surface area contributed by atoms with E-state index in [1.165, 1.54) is 49.3 Å². The number of carboxylic acid groups (broad SMARTS) is 1. The lowest BCUT2D eigenvalue weighted by Crippen LogP contribution is -2.44. The summed E-state index contributed by atoms with van der Waals surface area (Å²) in [4.78, 5) is 25.8. The fraction of sp³-hybridized carbons (Fsp3) is 0.423. The molecule has 0 radical (unpaired) electrons. The van der Waals surface area contributed by atoms with Gasteiger partial charge >= 0.3 is 12.1 Å². The zero-order chi connectivity index (χ0) is 27.4. The second-order valence-corrected chi connectivity index (χ2v) is 9.69. The summed E-state index contributed by atoms with van der Waals surface area (Å²) in [7, 11) is 1.46. The second-order valence-electron chi connectivity index (χ2n) is 9.69. The maximum Gasteiger partial charge on any atom is 0.431 e. The number of hydrazone groups is 1. The van der Waals surface area contributed by atoms with Crippen LogP contribution in [-0.2, 0) is 9.59 Å². The Balaban J connectivity index is 1.30. The summed E-state index contributed by atoms with van der Waals surface area (Å²) in [5, 5.41) is 14.0. The Morgan fingerprint density at radius 1 is 1.13 bits per heavy atom. The molecular formula is C26H25F4N3O5. The van der Waals surface area contributed by atoms with Gasteiger partial charge in [0.1, 0.15) is 29.1 Å². The average Bonchev–Trinajstić information content (AvgIpc) is 3.51. The number of aliphatic carboxylic acids is 1. The molecule has 5 rings (SSSR count). The number of carbonyl (C=O) groups excluding carboxylic acids is 1. The summed E-state index contributed by atoms with van der Waals surface area (Å²) in [6.07, 6.45) is -4.64. The van der Waals surface area contributed by atoms with Gasteiger partial charge in [0.15, 0.2) is 0 Å². The molecule has 1 amide bonds. The fourth-order valence-electron chi connectivity index (χ4n) is 5.59. The summed E-state index contributed by atoms with van der Waals surface area (Å²) in [5.74, 6) is -2.74. The molecule has 12 heteroatoms. The van der Waals surface area contributed by atoms with Gasteiger partial charge < -0.3 is 19.5 Å². The smallest absolute Gasteiger partial charge is 0.431 e. The van der Waals surface area contributed by atoms with Gasteiger partial charge in [0.25, 0.3) is 0 Å². The van der Waals surface area contributed by atoms with Gasteiger partial charge in [-0.05, 0) is 42.8 Å². The molecule has 202 valence electrons. The number of halogens is 4. The van der Waals surface area contributed by atoms with Crippen molar-refractivity contribution in [1.82, 2.24) is 0 Å². The standard InChI is InChI=1S/C26H25F4N3O5/c1-13-20(12-23(34)35)33(31-24(13)26(28,29)30)14-3-5-16(6-4-14)38-22-10-15-9-18(22)25(36)32(15)21-11-17(37-2)7-8-19(21)27/h3-8,11,13,15,18,20,22H,9-10,12H2,1-2H3,(H,34,35). The van der Waals surface area contributed by atoms with Crippen LogP contribution in [0.3, 0.4) is 0 Å². The molecule has 2 fully saturated rings. The monoisotopic (exact) mass is 535 g/mol. The van der Waals surface area contributed by atoms with E-state index in [0.717, 1.165) is 5.01 Å². The molecule has 8 nitrogen and oxygen atoms in total. The number of fused-ring (bicyclic) bond motifs is 2. The van der Waals surface area contributed by atoms with Crippen LogP contribution in [0.25, 0.3) is 0 Å². The number of hydrogen-bond donors (Lipinski definition) is 1. The van der Waals surface area contributed by atoms with Crippen LogP contribution in [0.1, 0.15) is 26.2 Å². The highest BCUT2D eigenvalue weighted by Crippen LogP contribution is 2.45. The van der Waals surface area contributed by atoms with Gasteiger partial charge in [0, 0.05) is 24.4 Å². The number of nitrogens with zero attached hydrogens (tertiary/aromatic N) is 3. The lowest BCUT2D eigenvalue weighted by Gasteiger charge is -2.32. The van der Waals surface area contributed by atoms with E-state index < -0.39 is 54.1 Å². The van der Waals surface area contributed by atoms with Gasteiger partial charge in [-0.25, -0.2) is 4.39 Å². The quantitative estimate of drug-likeness (QED) is 0.520. The van der Waals surface area contributed by atoms with E-state index >= 15 is 0 Å². The van der Waals surface area contributed by atoms with Crippen molar-refractivity contribution < 1.29 is 41.7 Å². The van der Waals surface area contributed by atoms with Crippen LogP contribution in [-0.4, -0.2) is 54.2 Å². The number of piperidine rings is 1. The molecule has 2 aromatic carbocycles. The summed E-state index contributed by atoms with van der Waals surface area (Å²) >= 11 is 0. The summed E-state index contributed by atoms with van der Waals surface area (Å²) < 4.78 is 66.0. The molecule has 1 saturated carbocycles. The molecule has 1 N–H and O–H groups in total. The highest BCUT2D eigenvalue weighted by Gasteiger charge is 2.53. The number of ether oxygens (including phenoxy) is 2. The van der Waals surface area contributed by atoms with E-state index in [4.69, 9.17) is 9.47 Å². The molecule has 2 bridgehead atoms. The van der Waals surface area contributed by atoms with E-state index in [2.05, 4.69) is 5.10 Å². The van der Waals surface area contributed by atoms with Crippen molar-refractivity contribution in [2.75, 3.05) is 17.0 Å². The molecule has 1 saturated heterocycles. The van der Waals surface area contributed by atoms with Crippen molar-refractivity contribution in [3.05, 3.63) is 48.3 Å². The van der Waals surface area contributed by atoms with Gasteiger partial charge in [-0.15, -0.1) is 0 Å². The predicted molar refractivity (Wildman–Crippen MR) is 129 cm³/mol. The molecule has 2 aromatic rings. The van der Waals surface area contributed by atoms with Crippen molar-refractivity contribution in [2.45, 2.75) is 50.6 Å². The van der Waals surface area contributed by atoms with Crippen molar-refractivity contribution in [3.8, 4) is 11.5 Å². The highest BCUT2D eigenvalue weighted by molar-refractivity contribution is 6.00. The van der Waals surface area contributed by atoms with Crippen LogP contribution in [0, 0.1) is 17.7 Å². The Morgan fingerprint density at radius 3 is 2.42 bits per heavy atom. The minimum Gasteiger partial charge on any atom is -0.497 e. The third kappa shape index (κ3) is 4.52. The van der Waals surface area contributed by atoms with Crippen LogP contribution in [0.2, 0.25) is 0 Å². The largest absolute Gasteiger partial charge is 0.497 e. The van der Waals surface area contributed by atoms with Gasteiger partial charge in [0.05, 0.1) is 36.9 Å². The molecule has 0 spiro atoms. The average molecular weight is 535 g/mol. The van der Waals surface area contributed by atoms with Crippen molar-refractivity contribution in [2.24, 2.45) is 16.9 Å². The number of carbonyl (C=O) groups is 2. The van der Waals surface area contributed by atoms with Crippen LogP contribution in [0.5, 0.6) is 11.5 Å². The van der Waals surface area contributed by atoms with Crippen LogP contribution in [0.15, 0.2) is 47.6 Å². The number of rotatable bonds is 7. The third-order valence-electron chi connectivity index (χ3n) is 7.41. The van der Waals surface area contributed by atoms with Gasteiger partial charge in [0.2, 0.25) is 5.91 Å². The molecule has 5 unspecified atom stereocenters. The molecule has 2 heterocycles. The van der Waals surface area contributed by atoms with Gasteiger partial charge in [-0.2, -0.15) is 18.3 Å². The lowest BCUT2D eigenvalue weighted by atomic mass is 9.94. The Labute approximate surface area is 215 Å². The molecular weight excluding hydrogens is 510 g/mol. The zero-order valence-corrected chi connectivity index (χ0v) is 20.5. The van der Waals surface area contributed by atoms with Gasteiger partial charge in [-0.3, -0.25) is 14.6 Å². The third-order valence-corrected chi connectivity index (χ3v) is 7.41. The van der Waals surface area contributed by atoms with E-state index in [1.54, 1.807) is 12.1 Å². The topological polar surface area (TPSA) is 91.7 Å². The first kappa shape index (κ1) is 25.8. The van der Waals surface area contributed by atoms with E-state index in [1.807, 2.05) is 0 Å². The molecule has 3 aliphatic rings. The van der Waals surface area contributed by atoms with Gasteiger partial charge in [-0.1, -0.05) is 6.92 Å². The number of hydrogen-bond acceptors (Lipinski definition) is 6. The Kier molecular flexibility index (Phi) is 6.44. The van der Waals surface area contributed by atoms with E-state index in [9.17, 15) is 32.3 Å². The summed E-state index contributed by atoms with van der Waals surface area (Å²) in [5.41, 5.74) is -0.570. The predicted octanol–water partition coefficient (Wildman–Crippen LogP) is 4.62. The van der Waals surface area contributed by atoms with Crippen molar-refractivity contribution in [1.29, 1.82) is 0 Å². The SMILES string of the molecule is COc1ccc(F)c(N2C(=O)C3CC2CC3Oc2ccc(N3N=C(C(F)(F)F)C(C)C3CC(=O)O)cc2)c1. The zero-order valence-electron chi connectivity index (χ0n) is 20.5. The first-order chi connectivity index (χ1) is 18.0. The van der Waals surface area contributed by atoms with Crippen LogP contribution < -0.4 is 19.4 Å². The first-order valence-electron chi connectivity index (χ1n) is 12.1. The minimum atomic E-state index is -4.68. The second kappa shape index (κ2) is 9.48. The summed E-state index contributed by atoms with van der Waals surface area (Å²) in [6, 6.07) is 9.11. The first-order valence-corrected chi connectivity index (χ1v) is 12.1. The number of methoxy groups -OCH3 is 1. The Hall–Kier alpha value is -3.83. The number of amides is 1. The maximum atomic E-state index is 14.5. The maximum absolute atomic E-state index is 14.5. The normalized spacial score (nSPS) is 26.6. The number of alkyl halides is 3. The number of anilines is 2. The summed E-state index contributed by atoms with van der Waals surface area (Å²) in [6.45, 7) is 1.31. The Bertz CT molecular complexity index is 1280. The highest BCUT2D eigenvalue weighted by atomic mass is 19.4. The molecule has 0 aromatic heterocycles. The van der Waals surface area contributed by atoms with E-state index in [0.29, 0.717) is 30.0 Å². The number of benzene rings is 2. The van der Waals surface area contributed by atoms with Crippen molar-refractivity contribution in [3.63, 3.8) is 0 Å². The van der Waals surface area contributed by atoms with Crippen LogP contribution >= 0.6 is 0 Å². The van der Waals surface area contributed by atoms with Crippen LogP contribution in [0.4, 0.5) is 28.9 Å². The number of carboxylic acids is 1. The molecule has 38 heavy (non-hydrogen) atoms. The fourth-order valence-corrected chi connectivity index (χ4v) is 5.59. The molecule has 5 atom stereocenters. The minimum absolute atomic E-state index is 0.166. The Morgan fingerprint density at radius 2 is 1.82 bits per heavy atom. The lowest BCUT2D eigenvalue weighted by molar-refractivity contribution is -0.137. The van der Waals surface area contributed by atoms with E-state index in [-0.39, 0.29) is 17.6 Å².